The number of carbonyl (C=O) groups is 3. The highest BCUT2D eigenvalue weighted by Crippen LogP contribution is 2.12. The van der Waals surface area contributed by atoms with Gasteiger partial charge < -0.3 is 61.7 Å². The van der Waals surface area contributed by atoms with E-state index in [0.717, 1.165) is 0 Å². The summed E-state index contributed by atoms with van der Waals surface area (Å²) in [4.78, 5) is 39.2. The number of ether oxygens (including phenoxy) is 12. The van der Waals surface area contributed by atoms with Crippen molar-refractivity contribution in [2.75, 3.05) is 159 Å². The molecule has 1 saturated heterocycles. The zero-order valence-electron chi connectivity index (χ0n) is 28.9. The first-order valence-electron chi connectivity index (χ1n) is 16.8. The van der Waals surface area contributed by atoms with Crippen molar-refractivity contribution in [3.05, 3.63) is 6.92 Å². The molecule has 17 nitrogen and oxygen atoms in total. The summed E-state index contributed by atoms with van der Waals surface area (Å²) in [6.07, 6.45) is 0.558. The van der Waals surface area contributed by atoms with Gasteiger partial charge in [-0.2, -0.15) is 0 Å². The van der Waals surface area contributed by atoms with Crippen LogP contribution in [0.25, 0.3) is 0 Å². The fourth-order valence-electron chi connectivity index (χ4n) is 3.57. The van der Waals surface area contributed by atoms with Gasteiger partial charge in [0.05, 0.1) is 158 Å². The van der Waals surface area contributed by atoms with E-state index < -0.39 is 17.8 Å². The number of hydrogen-bond acceptors (Lipinski definition) is 16. The van der Waals surface area contributed by atoms with Gasteiger partial charge in [-0.3, -0.25) is 9.59 Å². The lowest BCUT2D eigenvalue weighted by Gasteiger charge is -2.12. The third kappa shape index (κ3) is 30.7. The standard InChI is InChI=1S/C32H57NO16/c1-2-6-37-8-10-39-12-14-41-16-18-43-20-22-45-24-26-47-28-29-48-27-25-46-23-21-44-19-17-42-15-13-40-11-9-38-7-5-32(36)49-33-30(34)3-4-31(33)35/h1H,2-29H2. The topological polar surface area (TPSA) is 174 Å². The molecule has 17 heteroatoms. The molecule has 0 saturated carbocycles. The summed E-state index contributed by atoms with van der Waals surface area (Å²) in [5, 5.41) is 0.518. The maximum Gasteiger partial charge on any atom is 0.335 e. The lowest BCUT2D eigenvalue weighted by atomic mass is 10.4. The van der Waals surface area contributed by atoms with Crippen LogP contribution < -0.4 is 0 Å². The molecule has 0 atom stereocenters. The summed E-state index contributed by atoms with van der Waals surface area (Å²) in [5.74, 6) is -1.72. The van der Waals surface area contributed by atoms with E-state index in [1.807, 2.05) is 0 Å². The summed E-state index contributed by atoms with van der Waals surface area (Å²) in [6.45, 7) is 16.2. The fraction of sp³-hybridized carbons (Fsp3) is 0.875. The molecule has 0 aliphatic carbocycles. The number of amides is 2. The van der Waals surface area contributed by atoms with Crippen LogP contribution in [0.2, 0.25) is 0 Å². The van der Waals surface area contributed by atoms with Crippen molar-refractivity contribution >= 4 is 17.8 Å². The van der Waals surface area contributed by atoms with Gasteiger partial charge in [-0.15, -0.1) is 5.06 Å². The van der Waals surface area contributed by atoms with E-state index in [9.17, 15) is 14.4 Å². The van der Waals surface area contributed by atoms with Gasteiger partial charge in [-0.05, 0) is 13.3 Å². The Labute approximate surface area is 290 Å². The Morgan fingerprint density at radius 2 is 0.633 bits per heavy atom. The van der Waals surface area contributed by atoms with Gasteiger partial charge >= 0.3 is 5.97 Å². The average molecular weight is 712 g/mol. The molecule has 2 radical (unpaired) electrons. The fourth-order valence-corrected chi connectivity index (χ4v) is 3.57. The quantitative estimate of drug-likeness (QED) is 0.0628. The van der Waals surface area contributed by atoms with E-state index in [4.69, 9.17) is 68.6 Å². The molecule has 0 N–H and O–H groups in total. The SMILES string of the molecule is [CH]CCOCCOCCOCCOCCOCCOCCOCCOCCOCCOCCOCCOCCC(=O)ON1C(=O)CCC1=O. The number of nitrogens with zero attached hydrogens (tertiary/aromatic N) is 1. The number of hydrogen-bond donors (Lipinski definition) is 0. The molecule has 0 unspecified atom stereocenters. The molecule has 49 heavy (non-hydrogen) atoms. The molecule has 0 aromatic carbocycles. The van der Waals surface area contributed by atoms with E-state index >= 15 is 0 Å². The molecule has 1 fully saturated rings. The molecule has 1 heterocycles. The number of rotatable bonds is 39. The van der Waals surface area contributed by atoms with Crippen molar-refractivity contribution in [3.8, 4) is 0 Å². The van der Waals surface area contributed by atoms with E-state index in [1.165, 1.54) is 0 Å². The van der Waals surface area contributed by atoms with Crippen LogP contribution in [0, 0.1) is 6.92 Å². The summed E-state index contributed by atoms with van der Waals surface area (Å²) in [6, 6.07) is 0. The Morgan fingerprint density at radius 1 is 0.408 bits per heavy atom. The van der Waals surface area contributed by atoms with E-state index in [2.05, 4.69) is 0 Å². The number of imide groups is 1. The van der Waals surface area contributed by atoms with Crippen LogP contribution in [0.5, 0.6) is 0 Å². The lowest BCUT2D eigenvalue weighted by molar-refractivity contribution is -0.198. The third-order valence-electron chi connectivity index (χ3n) is 6.00. The summed E-state index contributed by atoms with van der Waals surface area (Å²) in [5.41, 5.74) is 0. The van der Waals surface area contributed by atoms with Gasteiger partial charge in [0.2, 0.25) is 0 Å². The molecular formula is C32H57NO16. The highest BCUT2D eigenvalue weighted by molar-refractivity contribution is 6.01. The average Bonchev–Trinajstić information content (AvgIpc) is 3.41. The second-order valence-corrected chi connectivity index (χ2v) is 9.93. The van der Waals surface area contributed by atoms with E-state index in [1.54, 1.807) is 0 Å². The van der Waals surface area contributed by atoms with Crippen molar-refractivity contribution in [3.63, 3.8) is 0 Å². The van der Waals surface area contributed by atoms with Crippen LogP contribution in [0.3, 0.4) is 0 Å². The predicted octanol–water partition coefficient (Wildman–Crippen LogP) is 0.284. The Bertz CT molecular complexity index is 761. The minimum Gasteiger partial charge on any atom is -0.379 e. The minimum atomic E-state index is -0.700. The van der Waals surface area contributed by atoms with E-state index in [0.29, 0.717) is 157 Å². The highest BCUT2D eigenvalue weighted by atomic mass is 16.7. The van der Waals surface area contributed by atoms with Crippen molar-refractivity contribution in [1.29, 1.82) is 0 Å². The number of hydroxylamine groups is 2. The molecule has 0 bridgehead atoms. The van der Waals surface area contributed by atoms with Gasteiger partial charge in [0.15, 0.2) is 0 Å². The summed E-state index contributed by atoms with van der Waals surface area (Å²) >= 11 is 0. The molecule has 0 spiro atoms. The first-order chi connectivity index (χ1) is 24.1. The second kappa shape index (κ2) is 35.9. The van der Waals surface area contributed by atoms with Gasteiger partial charge in [0.1, 0.15) is 0 Å². The van der Waals surface area contributed by atoms with Crippen LogP contribution in [0.4, 0.5) is 0 Å². The molecule has 1 aliphatic heterocycles. The highest BCUT2D eigenvalue weighted by Gasteiger charge is 2.32. The van der Waals surface area contributed by atoms with Crippen LogP contribution in [0.15, 0.2) is 0 Å². The Hall–Kier alpha value is -1.87. The van der Waals surface area contributed by atoms with Crippen molar-refractivity contribution in [2.45, 2.75) is 25.7 Å². The first-order valence-corrected chi connectivity index (χ1v) is 16.8. The first kappa shape index (κ1) is 45.2. The predicted molar refractivity (Wildman–Crippen MR) is 171 cm³/mol. The van der Waals surface area contributed by atoms with Crippen molar-refractivity contribution < 1.29 is 76.1 Å². The molecule has 1 aliphatic rings. The Kier molecular flexibility index (Phi) is 33.1. The van der Waals surface area contributed by atoms with Crippen LogP contribution >= 0.6 is 0 Å². The lowest BCUT2D eigenvalue weighted by Crippen LogP contribution is -2.32. The Morgan fingerprint density at radius 3 is 0.878 bits per heavy atom. The normalized spacial score (nSPS) is 13.2. The van der Waals surface area contributed by atoms with Gasteiger partial charge in [-0.25, -0.2) is 4.79 Å². The molecule has 286 valence electrons. The zero-order valence-corrected chi connectivity index (χ0v) is 28.9. The van der Waals surface area contributed by atoms with E-state index in [-0.39, 0.29) is 32.5 Å². The second-order valence-electron chi connectivity index (χ2n) is 9.93. The van der Waals surface area contributed by atoms with Crippen LogP contribution in [-0.2, 0) is 76.1 Å². The molecule has 2 amide bonds. The van der Waals surface area contributed by atoms with Crippen LogP contribution in [0.1, 0.15) is 25.7 Å². The Balaban J connectivity index is 1.64. The molecular weight excluding hydrogens is 654 g/mol. The minimum absolute atomic E-state index is 0.0585. The smallest absolute Gasteiger partial charge is 0.335 e. The van der Waals surface area contributed by atoms with Crippen molar-refractivity contribution in [2.24, 2.45) is 0 Å². The summed E-state index contributed by atoms with van der Waals surface area (Å²) < 4.78 is 64.8. The van der Waals surface area contributed by atoms with Crippen LogP contribution in [-0.4, -0.2) is 181 Å². The monoisotopic (exact) mass is 711 g/mol. The third-order valence-corrected chi connectivity index (χ3v) is 6.00. The number of carbonyl (C=O) groups excluding carboxylic acids is 3. The van der Waals surface area contributed by atoms with Gasteiger partial charge in [0, 0.05) is 19.4 Å². The van der Waals surface area contributed by atoms with Crippen molar-refractivity contribution in [1.82, 2.24) is 5.06 Å². The molecule has 1 rings (SSSR count). The maximum absolute atomic E-state index is 11.6. The summed E-state index contributed by atoms with van der Waals surface area (Å²) in [7, 11) is 0. The molecule has 0 aromatic heterocycles. The molecule has 0 aromatic rings. The maximum atomic E-state index is 11.6. The zero-order chi connectivity index (χ0) is 35.3. The van der Waals surface area contributed by atoms with Gasteiger partial charge in [-0.1, -0.05) is 0 Å². The van der Waals surface area contributed by atoms with Gasteiger partial charge in [0.25, 0.3) is 11.8 Å². The largest absolute Gasteiger partial charge is 0.379 e.